The van der Waals surface area contributed by atoms with Gasteiger partial charge >= 0.3 is 0 Å². The molecule has 2 atom stereocenters. The van der Waals surface area contributed by atoms with E-state index in [1.54, 1.807) is 12.4 Å². The normalized spacial score (nSPS) is 29.7. The molecule has 0 bridgehead atoms. The predicted octanol–water partition coefficient (Wildman–Crippen LogP) is -1.07. The van der Waals surface area contributed by atoms with E-state index in [9.17, 15) is 5.11 Å². The third kappa shape index (κ3) is 2.31. The standard InChI is InChI=1S/C12H19N5O/c18-11-9-13-8-10(11)16-4-6-17(7-5-16)12-14-2-1-3-15-12/h1-3,10-11,13,18H,4-9H2/t10?,11-/m1/s1. The Bertz CT molecular complexity index is 379. The molecule has 1 aromatic rings. The Morgan fingerprint density at radius 3 is 2.44 bits per heavy atom. The van der Waals surface area contributed by atoms with Gasteiger partial charge < -0.3 is 15.3 Å². The highest BCUT2D eigenvalue weighted by atomic mass is 16.3. The Kier molecular flexibility index (Phi) is 3.40. The average Bonchev–Trinajstić information content (AvgIpc) is 2.86. The molecular weight excluding hydrogens is 230 g/mol. The van der Waals surface area contributed by atoms with E-state index in [-0.39, 0.29) is 12.1 Å². The van der Waals surface area contributed by atoms with Gasteiger partial charge in [-0.3, -0.25) is 4.90 Å². The van der Waals surface area contributed by atoms with E-state index in [1.165, 1.54) is 0 Å². The Labute approximate surface area is 107 Å². The van der Waals surface area contributed by atoms with Gasteiger partial charge in [-0.2, -0.15) is 0 Å². The van der Waals surface area contributed by atoms with Gasteiger partial charge in [0.1, 0.15) is 0 Å². The van der Waals surface area contributed by atoms with Crippen molar-refractivity contribution < 1.29 is 5.11 Å². The molecule has 0 spiro atoms. The molecule has 1 unspecified atom stereocenters. The molecule has 0 radical (unpaired) electrons. The maximum atomic E-state index is 9.88. The van der Waals surface area contributed by atoms with Crippen molar-refractivity contribution in [3.05, 3.63) is 18.5 Å². The van der Waals surface area contributed by atoms with E-state index in [0.717, 1.165) is 38.7 Å². The van der Waals surface area contributed by atoms with E-state index < -0.39 is 0 Å². The molecule has 2 fully saturated rings. The highest BCUT2D eigenvalue weighted by Gasteiger charge is 2.32. The number of nitrogens with one attached hydrogen (secondary N) is 1. The molecule has 0 aliphatic carbocycles. The summed E-state index contributed by atoms with van der Waals surface area (Å²) in [6.45, 7) is 5.37. The molecule has 2 N–H and O–H groups in total. The first-order valence-electron chi connectivity index (χ1n) is 6.49. The number of hydrogen-bond donors (Lipinski definition) is 2. The predicted molar refractivity (Wildman–Crippen MR) is 68.5 cm³/mol. The molecular formula is C12H19N5O. The third-order valence-electron chi connectivity index (χ3n) is 3.77. The lowest BCUT2D eigenvalue weighted by Gasteiger charge is -2.38. The lowest BCUT2D eigenvalue weighted by Crippen LogP contribution is -2.54. The van der Waals surface area contributed by atoms with Crippen LogP contribution >= 0.6 is 0 Å². The Morgan fingerprint density at radius 2 is 1.83 bits per heavy atom. The zero-order valence-corrected chi connectivity index (χ0v) is 10.4. The first kappa shape index (κ1) is 11.8. The Balaban J connectivity index is 1.58. The van der Waals surface area contributed by atoms with E-state index in [0.29, 0.717) is 6.54 Å². The van der Waals surface area contributed by atoms with Crippen LogP contribution in [0.5, 0.6) is 0 Å². The van der Waals surface area contributed by atoms with Crippen LogP contribution in [0, 0.1) is 0 Å². The lowest BCUT2D eigenvalue weighted by atomic mass is 10.1. The summed E-state index contributed by atoms with van der Waals surface area (Å²) in [7, 11) is 0. The van der Waals surface area contributed by atoms with Crippen LogP contribution in [0.3, 0.4) is 0 Å². The monoisotopic (exact) mass is 249 g/mol. The summed E-state index contributed by atoms with van der Waals surface area (Å²) in [5.41, 5.74) is 0. The number of aliphatic hydroxyl groups is 1. The van der Waals surface area contributed by atoms with Crippen molar-refractivity contribution in [1.82, 2.24) is 20.2 Å². The highest BCUT2D eigenvalue weighted by molar-refractivity contribution is 5.29. The van der Waals surface area contributed by atoms with E-state index in [4.69, 9.17) is 0 Å². The van der Waals surface area contributed by atoms with Gasteiger partial charge in [0.05, 0.1) is 6.10 Å². The molecule has 0 aromatic carbocycles. The van der Waals surface area contributed by atoms with Crippen LogP contribution in [0.15, 0.2) is 18.5 Å². The minimum atomic E-state index is -0.232. The summed E-state index contributed by atoms with van der Waals surface area (Å²) in [6, 6.07) is 2.10. The molecule has 6 heteroatoms. The molecule has 0 amide bonds. The zero-order chi connectivity index (χ0) is 12.4. The van der Waals surface area contributed by atoms with E-state index in [2.05, 4.69) is 25.1 Å². The summed E-state index contributed by atoms with van der Waals surface area (Å²) >= 11 is 0. The average molecular weight is 249 g/mol. The molecule has 2 saturated heterocycles. The van der Waals surface area contributed by atoms with Crippen LogP contribution in [0.1, 0.15) is 0 Å². The van der Waals surface area contributed by atoms with Crippen molar-refractivity contribution in [3.8, 4) is 0 Å². The largest absolute Gasteiger partial charge is 0.390 e. The van der Waals surface area contributed by atoms with Crippen molar-refractivity contribution in [2.24, 2.45) is 0 Å². The van der Waals surface area contributed by atoms with Gasteiger partial charge in [-0.05, 0) is 6.07 Å². The van der Waals surface area contributed by atoms with Crippen molar-refractivity contribution in [3.63, 3.8) is 0 Å². The molecule has 2 aliphatic heterocycles. The quantitative estimate of drug-likeness (QED) is 0.696. The second kappa shape index (κ2) is 5.17. The van der Waals surface area contributed by atoms with Crippen LogP contribution in [0.25, 0.3) is 0 Å². The molecule has 6 nitrogen and oxygen atoms in total. The topological polar surface area (TPSA) is 64.5 Å². The fourth-order valence-corrected chi connectivity index (χ4v) is 2.73. The summed E-state index contributed by atoms with van der Waals surface area (Å²) in [5.74, 6) is 0.808. The number of anilines is 1. The second-order valence-electron chi connectivity index (χ2n) is 4.86. The van der Waals surface area contributed by atoms with E-state index in [1.807, 2.05) is 6.07 Å². The van der Waals surface area contributed by atoms with Gasteiger partial charge in [0.2, 0.25) is 5.95 Å². The van der Waals surface area contributed by atoms with Crippen molar-refractivity contribution in [1.29, 1.82) is 0 Å². The summed E-state index contributed by atoms with van der Waals surface area (Å²) in [4.78, 5) is 13.1. The van der Waals surface area contributed by atoms with Crippen molar-refractivity contribution >= 4 is 5.95 Å². The molecule has 2 aliphatic rings. The highest BCUT2D eigenvalue weighted by Crippen LogP contribution is 2.15. The van der Waals surface area contributed by atoms with Crippen LogP contribution in [-0.4, -0.2) is 71.4 Å². The summed E-state index contributed by atoms with van der Waals surface area (Å²) < 4.78 is 0. The van der Waals surface area contributed by atoms with Crippen LogP contribution in [0.2, 0.25) is 0 Å². The van der Waals surface area contributed by atoms with Crippen molar-refractivity contribution in [2.45, 2.75) is 12.1 Å². The molecule has 3 rings (SSSR count). The maximum Gasteiger partial charge on any atom is 0.225 e. The number of β-amino-alcohol motifs (C(OH)–C–C–N with tert-alkyl or cyclic N) is 1. The number of hydrogen-bond acceptors (Lipinski definition) is 6. The molecule has 0 saturated carbocycles. The number of nitrogens with zero attached hydrogens (tertiary/aromatic N) is 4. The van der Waals surface area contributed by atoms with Gasteiger partial charge in [0.25, 0.3) is 0 Å². The number of piperazine rings is 1. The van der Waals surface area contributed by atoms with Gasteiger partial charge in [0, 0.05) is 57.7 Å². The van der Waals surface area contributed by atoms with Gasteiger partial charge in [0.15, 0.2) is 0 Å². The fourth-order valence-electron chi connectivity index (χ4n) is 2.73. The summed E-state index contributed by atoms with van der Waals surface area (Å²) in [6.07, 6.45) is 3.32. The first-order valence-corrected chi connectivity index (χ1v) is 6.49. The fraction of sp³-hybridized carbons (Fsp3) is 0.667. The van der Waals surface area contributed by atoms with Gasteiger partial charge in [-0.25, -0.2) is 9.97 Å². The maximum absolute atomic E-state index is 9.88. The van der Waals surface area contributed by atoms with Crippen LogP contribution in [-0.2, 0) is 0 Å². The first-order chi connectivity index (χ1) is 8.84. The minimum absolute atomic E-state index is 0.232. The zero-order valence-electron chi connectivity index (χ0n) is 10.4. The molecule has 1 aromatic heterocycles. The smallest absolute Gasteiger partial charge is 0.225 e. The second-order valence-corrected chi connectivity index (χ2v) is 4.86. The third-order valence-corrected chi connectivity index (χ3v) is 3.77. The Morgan fingerprint density at radius 1 is 1.11 bits per heavy atom. The van der Waals surface area contributed by atoms with Crippen LogP contribution < -0.4 is 10.2 Å². The van der Waals surface area contributed by atoms with Crippen molar-refractivity contribution in [2.75, 3.05) is 44.2 Å². The number of aromatic nitrogens is 2. The number of rotatable bonds is 2. The number of aliphatic hydroxyl groups excluding tert-OH is 1. The van der Waals surface area contributed by atoms with Gasteiger partial charge in [-0.1, -0.05) is 0 Å². The Hall–Kier alpha value is -1.24. The molecule has 3 heterocycles. The van der Waals surface area contributed by atoms with E-state index >= 15 is 0 Å². The molecule has 18 heavy (non-hydrogen) atoms. The van der Waals surface area contributed by atoms with Crippen LogP contribution in [0.4, 0.5) is 5.95 Å². The lowest BCUT2D eigenvalue weighted by molar-refractivity contribution is 0.0790. The minimum Gasteiger partial charge on any atom is -0.390 e. The molecule has 98 valence electrons. The summed E-state index contributed by atoms with van der Waals surface area (Å²) in [5, 5.41) is 13.1. The van der Waals surface area contributed by atoms with Gasteiger partial charge in [-0.15, -0.1) is 0 Å². The SMILES string of the molecule is O[C@@H]1CNCC1N1CCN(c2ncccn2)CC1.